The highest BCUT2D eigenvalue weighted by Gasteiger charge is 2.72. The molecule has 1 fully saturated rings. The molecule has 2 rings (SSSR count). The summed E-state index contributed by atoms with van der Waals surface area (Å²) < 4.78 is 122. The van der Waals surface area contributed by atoms with Gasteiger partial charge in [-0.05, 0) is 24.8 Å². The third kappa shape index (κ3) is 3.22. The van der Waals surface area contributed by atoms with Gasteiger partial charge in [-0.15, -0.1) is 19.8 Å². The smallest absolute Gasteiger partial charge is 0.179 e. The van der Waals surface area contributed by atoms with Crippen molar-refractivity contribution in [1.29, 1.82) is 0 Å². The molecule has 1 heterocycles. The predicted molar refractivity (Wildman–Crippen MR) is 77.5 cm³/mol. The summed E-state index contributed by atoms with van der Waals surface area (Å²) >= 11 is 0. The van der Waals surface area contributed by atoms with Gasteiger partial charge in [0.25, 0.3) is 0 Å². The Balaban J connectivity index is 2.80. The Bertz CT molecular complexity index is 700. The van der Waals surface area contributed by atoms with E-state index in [0.717, 1.165) is 0 Å². The zero-order valence-electron chi connectivity index (χ0n) is 14.3. The molecule has 0 aromatic carbocycles. The highest BCUT2D eigenvalue weighted by Crippen LogP contribution is 2.65. The van der Waals surface area contributed by atoms with Crippen LogP contribution in [0.15, 0.2) is 24.9 Å². The average molecular weight is 408 g/mol. The lowest BCUT2D eigenvalue weighted by molar-refractivity contribution is -0.292. The van der Waals surface area contributed by atoms with Gasteiger partial charge in [-0.2, -0.15) is 36.1 Å². The number of rotatable bonds is 2. The Kier molecular flexibility index (Phi) is 4.94. The van der Waals surface area contributed by atoms with E-state index in [1.54, 1.807) is 0 Å². The number of hydrogen-bond acceptors (Lipinski definition) is 1. The lowest BCUT2D eigenvalue weighted by Crippen LogP contribution is -2.61. The van der Waals surface area contributed by atoms with Crippen molar-refractivity contribution in [2.24, 2.45) is 17.3 Å². The van der Waals surface area contributed by atoms with Crippen molar-refractivity contribution in [2.45, 2.75) is 50.8 Å². The van der Waals surface area contributed by atoms with E-state index < -0.39 is 64.5 Å². The van der Waals surface area contributed by atoms with E-state index in [1.807, 2.05) is 0 Å². The Labute approximate surface area is 149 Å². The summed E-state index contributed by atoms with van der Waals surface area (Å²) in [5.41, 5.74) is -7.17. The minimum atomic E-state index is -5.28. The second kappa shape index (κ2) is 6.16. The van der Waals surface area contributed by atoms with Crippen LogP contribution in [0.25, 0.3) is 0 Å². The molecule has 2 nitrogen and oxygen atoms in total. The van der Waals surface area contributed by atoms with Crippen molar-refractivity contribution in [3.05, 3.63) is 30.6 Å². The second-order valence-corrected chi connectivity index (χ2v) is 7.22. The Morgan fingerprint density at radius 2 is 1.63 bits per heavy atom. The lowest BCUT2D eigenvalue weighted by atomic mass is 9.51. The maximum Gasteiger partial charge on any atom is 0.504 e. The molecule has 1 aromatic heterocycles. The van der Waals surface area contributed by atoms with E-state index in [-0.39, 0.29) is 6.20 Å². The van der Waals surface area contributed by atoms with Gasteiger partial charge in [0.2, 0.25) is 0 Å². The predicted octanol–water partition coefficient (Wildman–Crippen LogP) is 5.96. The number of halogens is 9. The monoisotopic (exact) mass is 408 g/mol. The van der Waals surface area contributed by atoms with E-state index >= 15 is 0 Å². The summed E-state index contributed by atoms with van der Waals surface area (Å²) in [5.74, 6) is -3.30. The Hall–Kier alpha value is -1.68. The normalized spacial score (nSPS) is 33.1. The van der Waals surface area contributed by atoms with Crippen molar-refractivity contribution in [3.63, 3.8) is 0 Å². The standard InChI is InChI=1S/C16H17F9N2/c1-4-10-12(3,14(17,18)19)7-9(2)8-13(10,15(20,21)22)11-5-6-27(26-11)16(23,24)25/h4-6,9-10H,1,7-8H2,2-3H3. The molecule has 0 amide bonds. The van der Waals surface area contributed by atoms with E-state index in [2.05, 4.69) is 11.7 Å². The Morgan fingerprint density at radius 3 is 2.00 bits per heavy atom. The largest absolute Gasteiger partial charge is 0.504 e. The van der Waals surface area contributed by atoms with Crippen LogP contribution in [0.4, 0.5) is 39.5 Å². The molecule has 1 saturated carbocycles. The van der Waals surface area contributed by atoms with Crippen LogP contribution in [-0.4, -0.2) is 22.1 Å². The van der Waals surface area contributed by atoms with Gasteiger partial charge in [0.1, 0.15) is 5.41 Å². The molecule has 27 heavy (non-hydrogen) atoms. The average Bonchev–Trinajstić information content (AvgIpc) is 2.93. The van der Waals surface area contributed by atoms with Crippen LogP contribution in [0, 0.1) is 17.3 Å². The van der Waals surface area contributed by atoms with Gasteiger partial charge in [0.15, 0.2) is 0 Å². The quantitative estimate of drug-likeness (QED) is 0.436. The first kappa shape index (κ1) is 21.6. The van der Waals surface area contributed by atoms with Gasteiger partial charge >= 0.3 is 18.7 Å². The fraction of sp³-hybridized carbons (Fsp3) is 0.688. The summed E-state index contributed by atoms with van der Waals surface area (Å²) in [7, 11) is 0. The van der Waals surface area contributed by atoms with Gasteiger partial charge in [-0.3, -0.25) is 0 Å². The Morgan fingerprint density at radius 1 is 1.07 bits per heavy atom. The van der Waals surface area contributed by atoms with Crippen LogP contribution < -0.4 is 0 Å². The van der Waals surface area contributed by atoms with Gasteiger partial charge in [-0.1, -0.05) is 19.9 Å². The van der Waals surface area contributed by atoms with Crippen LogP contribution in [0.5, 0.6) is 0 Å². The van der Waals surface area contributed by atoms with Crippen molar-refractivity contribution < 1.29 is 39.5 Å². The first-order chi connectivity index (χ1) is 12.0. The number of aromatic nitrogens is 2. The zero-order valence-corrected chi connectivity index (χ0v) is 14.3. The minimum Gasteiger partial charge on any atom is -0.179 e. The van der Waals surface area contributed by atoms with E-state index in [0.29, 0.717) is 19.1 Å². The number of hydrogen-bond donors (Lipinski definition) is 0. The summed E-state index contributed by atoms with van der Waals surface area (Å²) in [6.07, 6.45) is -16.0. The van der Waals surface area contributed by atoms with Gasteiger partial charge in [0.05, 0.1) is 11.1 Å². The fourth-order valence-electron chi connectivity index (χ4n) is 4.30. The first-order valence-corrected chi connectivity index (χ1v) is 7.90. The molecule has 0 saturated heterocycles. The maximum absolute atomic E-state index is 14.2. The molecule has 11 heteroatoms. The van der Waals surface area contributed by atoms with Crippen LogP contribution in [0.2, 0.25) is 0 Å². The van der Waals surface area contributed by atoms with Gasteiger partial charge in [-0.25, -0.2) is 0 Å². The van der Waals surface area contributed by atoms with Gasteiger partial charge < -0.3 is 0 Å². The fourth-order valence-corrected chi connectivity index (χ4v) is 4.30. The topological polar surface area (TPSA) is 17.8 Å². The molecule has 0 spiro atoms. The third-order valence-corrected chi connectivity index (χ3v) is 5.36. The molecule has 0 N–H and O–H groups in total. The number of alkyl halides is 9. The lowest BCUT2D eigenvalue weighted by Gasteiger charge is -2.54. The molecule has 0 radical (unpaired) electrons. The van der Waals surface area contributed by atoms with Gasteiger partial charge in [0, 0.05) is 12.1 Å². The maximum atomic E-state index is 14.2. The van der Waals surface area contributed by atoms with Crippen LogP contribution in [0.3, 0.4) is 0 Å². The SMILES string of the molecule is C=CC1C(C)(C(F)(F)F)CC(C)CC1(c1ccn(C(F)(F)F)n1)C(F)(F)F. The first-order valence-electron chi connectivity index (χ1n) is 7.90. The van der Waals surface area contributed by atoms with Crippen LogP contribution in [0.1, 0.15) is 32.4 Å². The van der Waals surface area contributed by atoms with E-state index in [4.69, 9.17) is 0 Å². The minimum absolute atomic E-state index is 0.271. The molecule has 4 atom stereocenters. The molecule has 0 bridgehead atoms. The van der Waals surface area contributed by atoms with E-state index in [9.17, 15) is 39.5 Å². The summed E-state index contributed by atoms with van der Waals surface area (Å²) in [6, 6.07) is 0.478. The molecular formula is C16H17F9N2. The van der Waals surface area contributed by atoms with Crippen LogP contribution >= 0.6 is 0 Å². The number of allylic oxidation sites excluding steroid dienone is 1. The summed E-state index contributed by atoms with van der Waals surface area (Å²) in [4.78, 5) is 0. The third-order valence-electron chi connectivity index (χ3n) is 5.36. The molecule has 1 aliphatic carbocycles. The highest BCUT2D eigenvalue weighted by molar-refractivity contribution is 5.28. The van der Waals surface area contributed by atoms with Crippen molar-refractivity contribution in [3.8, 4) is 0 Å². The summed E-state index contributed by atoms with van der Waals surface area (Å²) in [5, 5.41) is 2.98. The molecular weight excluding hydrogens is 391 g/mol. The molecule has 154 valence electrons. The number of nitrogens with zero attached hydrogens (tertiary/aromatic N) is 2. The highest BCUT2D eigenvalue weighted by atomic mass is 19.4. The van der Waals surface area contributed by atoms with E-state index in [1.165, 1.54) is 6.92 Å². The molecule has 0 aliphatic heterocycles. The summed E-state index contributed by atoms with van der Waals surface area (Å²) in [6.45, 7) is 5.01. The molecule has 1 aromatic rings. The van der Waals surface area contributed by atoms with Crippen molar-refractivity contribution in [2.75, 3.05) is 0 Å². The van der Waals surface area contributed by atoms with Crippen molar-refractivity contribution in [1.82, 2.24) is 9.78 Å². The molecule has 1 aliphatic rings. The zero-order chi connectivity index (χ0) is 21.1. The molecule has 4 unspecified atom stereocenters. The second-order valence-electron chi connectivity index (χ2n) is 7.22. The van der Waals surface area contributed by atoms with Crippen LogP contribution in [-0.2, 0) is 11.7 Å². The van der Waals surface area contributed by atoms with Crippen molar-refractivity contribution >= 4 is 0 Å².